The number of hydrogen-bond donors (Lipinski definition) is 1. The van der Waals surface area contributed by atoms with Crippen molar-refractivity contribution in [3.8, 4) is 5.75 Å². The molecule has 1 unspecified atom stereocenters. The fraction of sp³-hybridized carbons (Fsp3) is 0.286. The Morgan fingerprint density at radius 3 is 2.80 bits per heavy atom. The number of ether oxygens (including phenoxy) is 1. The van der Waals surface area contributed by atoms with Crippen LogP contribution in [0.2, 0.25) is 0 Å². The number of oxime groups is 1. The number of nitrogens with one attached hydrogen (secondary N) is 1. The Bertz CT molecular complexity index is 741. The quantitative estimate of drug-likeness (QED) is 0.608. The number of fused-ring (bicyclic) bond motifs is 1. The summed E-state index contributed by atoms with van der Waals surface area (Å²) in [7, 11) is 0. The molecule has 1 aliphatic rings. The summed E-state index contributed by atoms with van der Waals surface area (Å²) in [6, 6.07) is 16.5. The van der Waals surface area contributed by atoms with Gasteiger partial charge in [0, 0.05) is 18.2 Å². The first kappa shape index (κ1) is 17.2. The molecule has 4 nitrogen and oxygen atoms in total. The van der Waals surface area contributed by atoms with Crippen molar-refractivity contribution in [3.05, 3.63) is 77.9 Å². The van der Waals surface area contributed by atoms with E-state index in [0.717, 1.165) is 29.0 Å². The lowest BCUT2D eigenvalue weighted by Crippen LogP contribution is -2.35. The Morgan fingerprint density at radius 1 is 1.20 bits per heavy atom. The van der Waals surface area contributed by atoms with Gasteiger partial charge >= 0.3 is 0 Å². The standard InChI is InChI=1S/C21H24N2O2/c1-3-13-24-20-12-8-11-17-18(4-2)22-14-19(21(17)20)23-25-15-16-9-6-5-7-10-16/h3,5-12,18,22H,1,4,13-15H2,2H3. The summed E-state index contributed by atoms with van der Waals surface area (Å²) in [5.41, 5.74) is 4.22. The molecule has 0 bridgehead atoms. The lowest BCUT2D eigenvalue weighted by Gasteiger charge is -2.28. The van der Waals surface area contributed by atoms with Crippen LogP contribution < -0.4 is 10.1 Å². The molecule has 0 amide bonds. The second-order valence-corrected chi connectivity index (χ2v) is 5.96. The molecule has 3 rings (SSSR count). The van der Waals surface area contributed by atoms with E-state index in [1.54, 1.807) is 6.08 Å². The van der Waals surface area contributed by atoms with Gasteiger partial charge < -0.3 is 14.9 Å². The molecular formula is C21H24N2O2. The van der Waals surface area contributed by atoms with Crippen LogP contribution >= 0.6 is 0 Å². The molecule has 0 fully saturated rings. The van der Waals surface area contributed by atoms with E-state index in [2.05, 4.69) is 30.0 Å². The molecule has 1 heterocycles. The maximum absolute atomic E-state index is 5.86. The van der Waals surface area contributed by atoms with Gasteiger partial charge in [0.2, 0.25) is 0 Å². The van der Waals surface area contributed by atoms with Crippen LogP contribution in [-0.2, 0) is 11.4 Å². The molecule has 2 aromatic carbocycles. The number of hydrogen-bond acceptors (Lipinski definition) is 4. The van der Waals surface area contributed by atoms with Gasteiger partial charge in [-0.1, -0.05) is 67.2 Å². The van der Waals surface area contributed by atoms with E-state index >= 15 is 0 Å². The second-order valence-electron chi connectivity index (χ2n) is 5.96. The average molecular weight is 336 g/mol. The molecule has 1 aliphatic heterocycles. The maximum Gasteiger partial charge on any atom is 0.142 e. The van der Waals surface area contributed by atoms with Crippen molar-refractivity contribution in [1.29, 1.82) is 0 Å². The third-order valence-corrected chi connectivity index (χ3v) is 4.25. The highest BCUT2D eigenvalue weighted by Gasteiger charge is 2.26. The molecule has 2 aromatic rings. The molecule has 1 atom stereocenters. The summed E-state index contributed by atoms with van der Waals surface area (Å²) < 4.78 is 5.86. The topological polar surface area (TPSA) is 42.9 Å². The van der Waals surface area contributed by atoms with Crippen LogP contribution in [0.5, 0.6) is 5.75 Å². The zero-order valence-corrected chi connectivity index (χ0v) is 14.6. The Morgan fingerprint density at radius 2 is 2.04 bits per heavy atom. The van der Waals surface area contributed by atoms with Gasteiger partial charge in [0.25, 0.3) is 0 Å². The van der Waals surface area contributed by atoms with E-state index in [-0.39, 0.29) is 0 Å². The van der Waals surface area contributed by atoms with Crippen molar-refractivity contribution in [2.75, 3.05) is 13.2 Å². The largest absolute Gasteiger partial charge is 0.489 e. The van der Waals surface area contributed by atoms with Gasteiger partial charge in [0.05, 0.1) is 0 Å². The highest BCUT2D eigenvalue weighted by Crippen LogP contribution is 2.32. The average Bonchev–Trinajstić information content (AvgIpc) is 2.67. The molecule has 25 heavy (non-hydrogen) atoms. The van der Waals surface area contributed by atoms with Crippen molar-refractivity contribution in [1.82, 2.24) is 5.32 Å². The van der Waals surface area contributed by atoms with E-state index in [1.165, 1.54) is 5.56 Å². The third kappa shape index (κ3) is 4.09. The van der Waals surface area contributed by atoms with Crippen LogP contribution in [0.3, 0.4) is 0 Å². The van der Waals surface area contributed by atoms with Gasteiger partial charge in [-0.2, -0.15) is 0 Å². The van der Waals surface area contributed by atoms with E-state index in [1.807, 2.05) is 42.5 Å². The summed E-state index contributed by atoms with van der Waals surface area (Å²) in [5.74, 6) is 0.833. The molecule has 0 spiro atoms. The van der Waals surface area contributed by atoms with Crippen molar-refractivity contribution < 1.29 is 9.57 Å². The van der Waals surface area contributed by atoms with Crippen LogP contribution in [0.25, 0.3) is 0 Å². The summed E-state index contributed by atoms with van der Waals surface area (Å²) in [5, 5.41) is 7.93. The van der Waals surface area contributed by atoms with Gasteiger partial charge in [0.15, 0.2) is 0 Å². The molecular weight excluding hydrogens is 312 g/mol. The Kier molecular flexibility index (Phi) is 5.86. The van der Waals surface area contributed by atoms with Gasteiger partial charge in [-0.25, -0.2) is 0 Å². The molecule has 1 N–H and O–H groups in total. The predicted octanol–water partition coefficient (Wildman–Crippen LogP) is 4.23. The summed E-state index contributed by atoms with van der Waals surface area (Å²) >= 11 is 0. The van der Waals surface area contributed by atoms with Gasteiger partial charge in [0.1, 0.15) is 24.7 Å². The second kappa shape index (κ2) is 8.49. The van der Waals surface area contributed by atoms with Crippen LogP contribution in [0.15, 0.2) is 66.3 Å². The van der Waals surface area contributed by atoms with E-state index < -0.39 is 0 Å². The molecule has 0 saturated heterocycles. The van der Waals surface area contributed by atoms with Gasteiger partial charge in [-0.15, -0.1) is 0 Å². The highest BCUT2D eigenvalue weighted by molar-refractivity contribution is 6.06. The van der Waals surface area contributed by atoms with Crippen LogP contribution in [-0.4, -0.2) is 18.9 Å². The minimum atomic E-state index is 0.301. The van der Waals surface area contributed by atoms with Crippen LogP contribution in [0.4, 0.5) is 0 Å². The third-order valence-electron chi connectivity index (χ3n) is 4.25. The first-order valence-corrected chi connectivity index (χ1v) is 8.66. The van der Waals surface area contributed by atoms with Crippen LogP contribution in [0, 0.1) is 0 Å². The van der Waals surface area contributed by atoms with Crippen molar-refractivity contribution in [2.45, 2.75) is 26.0 Å². The minimum Gasteiger partial charge on any atom is -0.489 e. The Balaban J connectivity index is 1.86. The Labute approximate surface area is 149 Å². The van der Waals surface area contributed by atoms with E-state index in [4.69, 9.17) is 9.57 Å². The van der Waals surface area contributed by atoms with Crippen molar-refractivity contribution in [3.63, 3.8) is 0 Å². The van der Waals surface area contributed by atoms with Gasteiger partial charge in [-0.05, 0) is 23.6 Å². The van der Waals surface area contributed by atoms with Crippen molar-refractivity contribution in [2.24, 2.45) is 5.16 Å². The number of nitrogens with zero attached hydrogens (tertiary/aromatic N) is 1. The minimum absolute atomic E-state index is 0.301. The van der Waals surface area contributed by atoms with E-state index in [0.29, 0.717) is 25.8 Å². The highest BCUT2D eigenvalue weighted by atomic mass is 16.6. The summed E-state index contributed by atoms with van der Waals surface area (Å²) in [4.78, 5) is 5.62. The molecule has 4 heteroatoms. The molecule has 0 aliphatic carbocycles. The lowest BCUT2D eigenvalue weighted by molar-refractivity contribution is 0.130. The smallest absolute Gasteiger partial charge is 0.142 e. The summed E-state index contributed by atoms with van der Waals surface area (Å²) in [6.45, 7) is 7.49. The fourth-order valence-electron chi connectivity index (χ4n) is 3.04. The summed E-state index contributed by atoms with van der Waals surface area (Å²) in [6.07, 6.45) is 2.76. The number of rotatable bonds is 7. The first-order chi connectivity index (χ1) is 12.3. The van der Waals surface area contributed by atoms with Crippen molar-refractivity contribution >= 4 is 5.71 Å². The molecule has 0 aromatic heterocycles. The SMILES string of the molecule is C=CCOc1cccc2c1C(=NOCc1ccccc1)CNC2CC. The predicted molar refractivity (Wildman–Crippen MR) is 101 cm³/mol. The first-order valence-electron chi connectivity index (χ1n) is 8.66. The lowest BCUT2D eigenvalue weighted by atomic mass is 9.91. The van der Waals surface area contributed by atoms with E-state index in [9.17, 15) is 0 Å². The normalized spacial score (nSPS) is 17.8. The maximum atomic E-state index is 5.86. The Hall–Kier alpha value is -2.59. The van der Waals surface area contributed by atoms with Gasteiger partial charge in [-0.3, -0.25) is 0 Å². The zero-order chi connectivity index (χ0) is 17.5. The molecule has 0 saturated carbocycles. The number of benzene rings is 2. The zero-order valence-electron chi connectivity index (χ0n) is 14.6. The fourth-order valence-corrected chi connectivity index (χ4v) is 3.04. The monoisotopic (exact) mass is 336 g/mol. The molecule has 0 radical (unpaired) electrons. The van der Waals surface area contributed by atoms with Crippen LogP contribution in [0.1, 0.15) is 36.1 Å². The molecule has 130 valence electrons.